The van der Waals surface area contributed by atoms with Gasteiger partial charge in [0.2, 0.25) is 5.91 Å². The molecule has 37 heavy (non-hydrogen) atoms. The average molecular weight is 570 g/mol. The van der Waals surface area contributed by atoms with E-state index in [4.69, 9.17) is 10.7 Å². The van der Waals surface area contributed by atoms with Crippen LogP contribution < -0.4 is 10.6 Å². The zero-order valence-electron chi connectivity index (χ0n) is 20.6. The summed E-state index contributed by atoms with van der Waals surface area (Å²) in [4.78, 5) is 47.7. The molecule has 0 saturated heterocycles. The second-order valence-corrected chi connectivity index (χ2v) is 12.7. The van der Waals surface area contributed by atoms with E-state index < -0.39 is 25.3 Å². The van der Waals surface area contributed by atoms with Crippen molar-refractivity contribution in [3.63, 3.8) is 0 Å². The molecule has 0 bridgehead atoms. The van der Waals surface area contributed by atoms with Gasteiger partial charge in [-0.15, -0.1) is 0 Å². The van der Waals surface area contributed by atoms with Crippen molar-refractivity contribution in [2.45, 2.75) is 56.2 Å². The van der Waals surface area contributed by atoms with Crippen LogP contribution >= 0.6 is 22.4 Å². The Bertz CT molecular complexity index is 1290. The number of carbonyl (C=O) groups excluding carboxylic acids is 3. The SMILES string of the molecule is CC(C)(C)C(=O)Sc1ccc(C(=O)NCCCCCC(=O)Nc2cccc(S(=O)(=O)Cl)c2)cc1[N+](=O)[O-]. The number of rotatable bonds is 11. The van der Waals surface area contributed by atoms with E-state index in [1.807, 2.05) is 0 Å². The number of anilines is 1. The highest BCUT2D eigenvalue weighted by atomic mass is 35.7. The van der Waals surface area contributed by atoms with Gasteiger partial charge < -0.3 is 10.6 Å². The maximum Gasteiger partial charge on any atom is 0.284 e. The molecule has 0 atom stereocenters. The minimum atomic E-state index is -3.90. The standard InChI is InChI=1S/C24H28ClN3O7S2/c1-24(2,3)23(31)36-20-12-11-16(14-19(20)28(32)33)22(30)26-13-6-4-5-10-21(29)27-17-8-7-9-18(15-17)37(25,34)35/h7-9,11-12,14-15H,4-6,10,13H2,1-3H3,(H,26,30)(H,27,29). The molecule has 0 saturated carbocycles. The lowest BCUT2D eigenvalue weighted by Crippen LogP contribution is -2.24. The number of carbonyl (C=O) groups is 3. The lowest BCUT2D eigenvalue weighted by atomic mass is 10.00. The Balaban J connectivity index is 1.80. The third kappa shape index (κ3) is 9.78. The predicted molar refractivity (Wildman–Crippen MR) is 142 cm³/mol. The second kappa shape index (κ2) is 13.0. The van der Waals surface area contributed by atoms with Crippen LogP contribution in [-0.2, 0) is 18.6 Å². The number of nitro benzene ring substituents is 1. The highest BCUT2D eigenvalue weighted by Crippen LogP contribution is 2.35. The van der Waals surface area contributed by atoms with Crippen molar-refractivity contribution in [3.05, 3.63) is 58.1 Å². The Labute approximate surface area is 224 Å². The molecule has 0 spiro atoms. The predicted octanol–water partition coefficient (Wildman–Crippen LogP) is 5.12. The van der Waals surface area contributed by atoms with Crippen molar-refractivity contribution in [2.24, 2.45) is 5.41 Å². The van der Waals surface area contributed by atoms with Crippen LogP contribution in [0.4, 0.5) is 11.4 Å². The number of unbranched alkanes of at least 4 members (excludes halogenated alkanes) is 2. The summed E-state index contributed by atoms with van der Waals surface area (Å²) in [6.45, 7) is 5.47. The van der Waals surface area contributed by atoms with Gasteiger partial charge in [0.25, 0.3) is 20.6 Å². The van der Waals surface area contributed by atoms with Crippen molar-refractivity contribution in [1.82, 2.24) is 5.32 Å². The molecule has 0 aliphatic heterocycles. The van der Waals surface area contributed by atoms with Gasteiger partial charge in [-0.2, -0.15) is 0 Å². The second-order valence-electron chi connectivity index (χ2n) is 9.16. The Hall–Kier alpha value is -2.96. The van der Waals surface area contributed by atoms with Gasteiger partial charge in [-0.1, -0.05) is 33.3 Å². The summed E-state index contributed by atoms with van der Waals surface area (Å²) in [5.41, 5.74) is -0.552. The smallest absolute Gasteiger partial charge is 0.284 e. The Morgan fingerprint density at radius 3 is 2.38 bits per heavy atom. The van der Waals surface area contributed by atoms with Gasteiger partial charge in [-0.05, 0) is 54.9 Å². The number of thioether (sulfide) groups is 1. The quantitative estimate of drug-likeness (QED) is 0.124. The van der Waals surface area contributed by atoms with E-state index in [1.54, 1.807) is 26.8 Å². The van der Waals surface area contributed by atoms with Crippen LogP contribution in [0.1, 0.15) is 56.8 Å². The van der Waals surface area contributed by atoms with E-state index in [0.29, 0.717) is 31.5 Å². The lowest BCUT2D eigenvalue weighted by molar-refractivity contribution is -0.387. The number of nitrogens with one attached hydrogen (secondary N) is 2. The molecule has 13 heteroatoms. The van der Waals surface area contributed by atoms with Gasteiger partial charge in [-0.25, -0.2) is 8.42 Å². The van der Waals surface area contributed by atoms with E-state index in [0.717, 1.165) is 17.8 Å². The third-order valence-corrected chi connectivity index (χ3v) is 7.71. The molecular formula is C24H28ClN3O7S2. The minimum Gasteiger partial charge on any atom is -0.352 e. The molecule has 2 N–H and O–H groups in total. The van der Waals surface area contributed by atoms with Gasteiger partial charge in [0.15, 0.2) is 5.12 Å². The molecule has 200 valence electrons. The van der Waals surface area contributed by atoms with Crippen LogP contribution in [0.3, 0.4) is 0 Å². The Morgan fingerprint density at radius 2 is 1.76 bits per heavy atom. The van der Waals surface area contributed by atoms with Crippen molar-refractivity contribution in [2.75, 3.05) is 11.9 Å². The summed E-state index contributed by atoms with van der Waals surface area (Å²) in [6.07, 6.45) is 1.95. The highest BCUT2D eigenvalue weighted by Gasteiger charge is 2.26. The number of nitro groups is 1. The van der Waals surface area contributed by atoms with E-state index >= 15 is 0 Å². The summed E-state index contributed by atoms with van der Waals surface area (Å²) in [7, 11) is 1.41. The highest BCUT2D eigenvalue weighted by molar-refractivity contribution is 8.14. The number of hydrogen-bond acceptors (Lipinski definition) is 8. The first-order valence-corrected chi connectivity index (χ1v) is 14.4. The average Bonchev–Trinajstić information content (AvgIpc) is 2.80. The largest absolute Gasteiger partial charge is 0.352 e. The molecular weight excluding hydrogens is 542 g/mol. The van der Waals surface area contributed by atoms with Crippen LogP contribution in [0.25, 0.3) is 0 Å². The normalized spacial score (nSPS) is 11.6. The van der Waals surface area contributed by atoms with Crippen molar-refractivity contribution >= 4 is 59.8 Å². The van der Waals surface area contributed by atoms with E-state index in [9.17, 15) is 32.9 Å². The first kappa shape index (κ1) is 30.3. The van der Waals surface area contributed by atoms with Crippen molar-refractivity contribution in [3.8, 4) is 0 Å². The summed E-state index contributed by atoms with van der Waals surface area (Å²) in [5.74, 6) is -0.767. The number of halogens is 1. The van der Waals surface area contributed by atoms with Crippen LogP contribution in [0.5, 0.6) is 0 Å². The van der Waals surface area contributed by atoms with Gasteiger partial charge in [0.1, 0.15) is 0 Å². The minimum absolute atomic E-state index is 0.111. The van der Waals surface area contributed by atoms with Gasteiger partial charge in [0, 0.05) is 46.4 Å². The molecule has 10 nitrogen and oxygen atoms in total. The molecule has 0 aliphatic carbocycles. The first-order chi connectivity index (χ1) is 17.2. The lowest BCUT2D eigenvalue weighted by Gasteiger charge is -2.15. The number of nitrogens with zero attached hydrogens (tertiary/aromatic N) is 1. The monoisotopic (exact) mass is 569 g/mol. The molecule has 2 rings (SSSR count). The zero-order valence-corrected chi connectivity index (χ0v) is 23.0. The molecule has 2 amide bonds. The molecule has 2 aromatic rings. The zero-order chi connectivity index (χ0) is 27.8. The summed E-state index contributed by atoms with van der Waals surface area (Å²) < 4.78 is 22.8. The van der Waals surface area contributed by atoms with E-state index in [1.165, 1.54) is 30.3 Å². The van der Waals surface area contributed by atoms with Crippen LogP contribution in [0.15, 0.2) is 52.3 Å². The van der Waals surface area contributed by atoms with Crippen molar-refractivity contribution in [1.29, 1.82) is 0 Å². The fourth-order valence-corrected chi connectivity index (χ4v) is 4.66. The van der Waals surface area contributed by atoms with Crippen LogP contribution in [0, 0.1) is 15.5 Å². The van der Waals surface area contributed by atoms with E-state index in [2.05, 4.69) is 10.6 Å². The molecule has 2 aromatic carbocycles. The van der Waals surface area contributed by atoms with Crippen LogP contribution in [0.2, 0.25) is 0 Å². The fourth-order valence-electron chi connectivity index (χ4n) is 2.98. The Morgan fingerprint density at radius 1 is 1.05 bits per heavy atom. The molecule has 0 unspecified atom stereocenters. The Kier molecular flexibility index (Phi) is 10.6. The molecule has 0 fully saturated rings. The van der Waals surface area contributed by atoms with Gasteiger partial charge in [0.05, 0.1) is 14.7 Å². The van der Waals surface area contributed by atoms with Crippen LogP contribution in [-0.4, -0.2) is 36.8 Å². The maximum absolute atomic E-state index is 12.4. The third-order valence-electron chi connectivity index (χ3n) is 5.00. The fraction of sp³-hybridized carbons (Fsp3) is 0.375. The summed E-state index contributed by atoms with van der Waals surface area (Å²) in [5, 5.41) is 16.6. The van der Waals surface area contributed by atoms with E-state index in [-0.39, 0.29) is 38.5 Å². The first-order valence-electron chi connectivity index (χ1n) is 11.3. The molecule has 0 radical (unpaired) electrons. The van der Waals surface area contributed by atoms with Gasteiger partial charge >= 0.3 is 0 Å². The molecule has 0 heterocycles. The maximum atomic E-state index is 12.4. The topological polar surface area (TPSA) is 153 Å². The number of amides is 2. The van der Waals surface area contributed by atoms with Gasteiger partial charge in [-0.3, -0.25) is 24.5 Å². The number of benzene rings is 2. The molecule has 0 aliphatic rings. The van der Waals surface area contributed by atoms with Crippen molar-refractivity contribution < 1.29 is 27.7 Å². The number of hydrogen-bond donors (Lipinski definition) is 2. The summed E-state index contributed by atoms with van der Waals surface area (Å²) in [6, 6.07) is 9.62. The molecule has 0 aromatic heterocycles. The summed E-state index contributed by atoms with van der Waals surface area (Å²) >= 11 is 0.780.